The van der Waals surface area contributed by atoms with Crippen molar-refractivity contribution in [3.8, 4) is 0 Å². The van der Waals surface area contributed by atoms with Gasteiger partial charge in [0.25, 0.3) is 11.8 Å². The van der Waals surface area contributed by atoms with E-state index in [0.717, 1.165) is 18.2 Å². The zero-order valence-corrected chi connectivity index (χ0v) is 19.0. The molecule has 3 N–H and O–H groups in total. The number of fused-ring (bicyclic) bond motifs is 1. The highest BCUT2D eigenvalue weighted by Crippen LogP contribution is 2.28. The van der Waals surface area contributed by atoms with Crippen LogP contribution in [0.3, 0.4) is 0 Å². The molecule has 0 aliphatic carbocycles. The van der Waals surface area contributed by atoms with Crippen LogP contribution in [0.2, 0.25) is 0 Å². The molecule has 3 rings (SSSR count). The van der Waals surface area contributed by atoms with E-state index in [0.29, 0.717) is 24.6 Å². The average Bonchev–Trinajstić information content (AvgIpc) is 3.16. The van der Waals surface area contributed by atoms with Crippen LogP contribution in [-0.4, -0.2) is 49.6 Å². The van der Waals surface area contributed by atoms with E-state index in [1.807, 2.05) is 0 Å². The summed E-state index contributed by atoms with van der Waals surface area (Å²) in [5, 5.41) is 13.8. The van der Waals surface area contributed by atoms with Gasteiger partial charge in [-0.1, -0.05) is 6.07 Å². The number of nitrogens with zero attached hydrogens (tertiary/aromatic N) is 3. The van der Waals surface area contributed by atoms with E-state index in [9.17, 15) is 41.0 Å². The van der Waals surface area contributed by atoms with Crippen molar-refractivity contribution in [3.05, 3.63) is 59.3 Å². The van der Waals surface area contributed by atoms with Crippen molar-refractivity contribution >= 4 is 23.1 Å². The molecule has 0 bridgehead atoms. The number of nitrogens with one attached hydrogen (secondary N) is 2. The van der Waals surface area contributed by atoms with Crippen LogP contribution in [0.4, 0.5) is 32.0 Å². The molecule has 194 valence electrons. The van der Waals surface area contributed by atoms with Gasteiger partial charge in [-0.05, 0) is 44.9 Å². The Bertz CT molecular complexity index is 1280. The third-order valence-corrected chi connectivity index (χ3v) is 4.85. The second-order valence-electron chi connectivity index (χ2n) is 8.57. The van der Waals surface area contributed by atoms with Crippen LogP contribution in [0.15, 0.2) is 36.7 Å². The molecular weight excluding hydrogens is 496 g/mol. The summed E-state index contributed by atoms with van der Waals surface area (Å²) in [6, 6.07) is 3.78. The number of carbonyl (C=O) groups is 2. The number of carbonyl (C=O) groups excluding carboxylic acids is 2. The minimum absolute atomic E-state index is 0.160. The molecule has 0 aromatic carbocycles. The maximum atomic E-state index is 13.0. The first-order valence-electron chi connectivity index (χ1n) is 10.5. The Labute approximate surface area is 200 Å². The summed E-state index contributed by atoms with van der Waals surface area (Å²) in [5.41, 5.74) is -2.96. The molecule has 0 atom stereocenters. The number of aryl methyl sites for hydroxylation is 1. The van der Waals surface area contributed by atoms with Crippen molar-refractivity contribution in [2.45, 2.75) is 44.6 Å². The van der Waals surface area contributed by atoms with Crippen LogP contribution < -0.4 is 10.6 Å². The Morgan fingerprint density at radius 2 is 1.72 bits per heavy atom. The molecule has 0 radical (unpaired) electrons. The van der Waals surface area contributed by atoms with Crippen LogP contribution in [0.25, 0.3) is 5.65 Å². The first-order chi connectivity index (χ1) is 16.5. The van der Waals surface area contributed by atoms with Gasteiger partial charge in [-0.2, -0.15) is 26.3 Å². The van der Waals surface area contributed by atoms with Gasteiger partial charge in [0.2, 0.25) is 0 Å². The standard InChI is InChI=1S/C22H21F6N5O3/c1-20(2,36)7-6-12-9-33-10-15(13(8-17(33)30-12)18(34)29-11-21(23,24)25)32-19(35)14-4-3-5-16(31-14)22(26,27)28/h3-5,8-10,36H,6-7,11H2,1-2H3,(H,29,34)(H,32,35). The monoisotopic (exact) mass is 517 g/mol. The molecule has 0 aliphatic rings. The summed E-state index contributed by atoms with van der Waals surface area (Å²) in [6.07, 6.45) is -6.13. The third-order valence-electron chi connectivity index (χ3n) is 4.85. The largest absolute Gasteiger partial charge is 0.433 e. The Balaban J connectivity index is 1.97. The third kappa shape index (κ3) is 7.16. The van der Waals surface area contributed by atoms with Gasteiger partial charge in [0.05, 0.1) is 22.5 Å². The average molecular weight is 517 g/mol. The highest BCUT2D eigenvalue weighted by Gasteiger charge is 2.33. The molecule has 0 aliphatic heterocycles. The van der Waals surface area contributed by atoms with Gasteiger partial charge in [-0.3, -0.25) is 9.59 Å². The summed E-state index contributed by atoms with van der Waals surface area (Å²) in [5.74, 6) is -2.31. The number of hydrogen-bond acceptors (Lipinski definition) is 5. The quantitative estimate of drug-likeness (QED) is 0.411. The number of amides is 2. The van der Waals surface area contributed by atoms with Gasteiger partial charge in [0.15, 0.2) is 0 Å². The lowest BCUT2D eigenvalue weighted by Gasteiger charge is -2.15. The van der Waals surface area contributed by atoms with E-state index in [-0.39, 0.29) is 11.3 Å². The second-order valence-corrected chi connectivity index (χ2v) is 8.57. The first kappa shape index (κ1) is 26.9. The number of hydrogen-bond donors (Lipinski definition) is 3. The minimum atomic E-state index is -4.81. The Morgan fingerprint density at radius 1 is 1.03 bits per heavy atom. The number of aromatic nitrogens is 3. The lowest BCUT2D eigenvalue weighted by Crippen LogP contribution is -2.34. The summed E-state index contributed by atoms with van der Waals surface area (Å²) in [6.45, 7) is 1.55. The Kier molecular flexibility index (Phi) is 7.30. The minimum Gasteiger partial charge on any atom is -0.390 e. The number of halogens is 6. The zero-order valence-electron chi connectivity index (χ0n) is 19.0. The van der Waals surface area contributed by atoms with Crippen molar-refractivity contribution in [1.82, 2.24) is 19.7 Å². The molecule has 0 saturated heterocycles. The molecule has 36 heavy (non-hydrogen) atoms. The molecule has 2 amide bonds. The van der Waals surface area contributed by atoms with E-state index in [4.69, 9.17) is 0 Å². The fraction of sp³-hybridized carbons (Fsp3) is 0.364. The number of alkyl halides is 6. The van der Waals surface area contributed by atoms with Gasteiger partial charge >= 0.3 is 12.4 Å². The van der Waals surface area contributed by atoms with Crippen molar-refractivity contribution in [2.24, 2.45) is 0 Å². The predicted octanol–water partition coefficient (Wildman–Crippen LogP) is 4.00. The highest BCUT2D eigenvalue weighted by molar-refractivity contribution is 6.08. The molecule has 0 spiro atoms. The smallest absolute Gasteiger partial charge is 0.390 e. The molecule has 3 heterocycles. The van der Waals surface area contributed by atoms with Gasteiger partial charge < -0.3 is 20.1 Å². The maximum Gasteiger partial charge on any atom is 0.433 e. The molecule has 8 nitrogen and oxygen atoms in total. The lowest BCUT2D eigenvalue weighted by molar-refractivity contribution is -0.141. The first-order valence-corrected chi connectivity index (χ1v) is 10.5. The Hall–Kier alpha value is -3.68. The summed E-state index contributed by atoms with van der Waals surface area (Å²) >= 11 is 0. The van der Waals surface area contributed by atoms with E-state index in [1.54, 1.807) is 19.2 Å². The van der Waals surface area contributed by atoms with Crippen molar-refractivity contribution in [1.29, 1.82) is 0 Å². The van der Waals surface area contributed by atoms with Gasteiger partial charge in [0.1, 0.15) is 23.6 Å². The van der Waals surface area contributed by atoms with Crippen molar-refractivity contribution in [2.75, 3.05) is 11.9 Å². The van der Waals surface area contributed by atoms with Crippen LogP contribution in [-0.2, 0) is 12.6 Å². The summed E-state index contributed by atoms with van der Waals surface area (Å²) in [7, 11) is 0. The van der Waals surface area contributed by atoms with Crippen LogP contribution in [0.1, 0.15) is 52.5 Å². The van der Waals surface area contributed by atoms with Crippen molar-refractivity contribution in [3.63, 3.8) is 0 Å². The molecule has 14 heteroatoms. The van der Waals surface area contributed by atoms with E-state index in [2.05, 4.69) is 15.3 Å². The number of imidazole rings is 1. The number of anilines is 1. The maximum absolute atomic E-state index is 13.0. The van der Waals surface area contributed by atoms with Crippen LogP contribution >= 0.6 is 0 Å². The molecule has 0 unspecified atom stereocenters. The van der Waals surface area contributed by atoms with Gasteiger partial charge in [0, 0.05) is 12.4 Å². The second kappa shape index (κ2) is 9.76. The fourth-order valence-corrected chi connectivity index (χ4v) is 3.11. The summed E-state index contributed by atoms with van der Waals surface area (Å²) < 4.78 is 78.1. The summed E-state index contributed by atoms with van der Waals surface area (Å²) in [4.78, 5) is 32.7. The number of rotatable bonds is 7. The van der Waals surface area contributed by atoms with Crippen molar-refractivity contribution < 1.29 is 41.0 Å². The normalized spacial score (nSPS) is 12.6. The Morgan fingerprint density at radius 3 is 2.33 bits per heavy atom. The van der Waals surface area contributed by atoms with E-state index in [1.165, 1.54) is 16.8 Å². The fourth-order valence-electron chi connectivity index (χ4n) is 3.11. The number of aliphatic hydroxyl groups is 1. The number of pyridine rings is 2. The predicted molar refractivity (Wildman–Crippen MR) is 115 cm³/mol. The van der Waals surface area contributed by atoms with Crippen LogP contribution in [0.5, 0.6) is 0 Å². The zero-order chi connectivity index (χ0) is 26.9. The molecule has 0 saturated carbocycles. The van der Waals surface area contributed by atoms with E-state index < -0.39 is 53.3 Å². The SMILES string of the molecule is CC(C)(O)CCc1cn2cc(NC(=O)c3cccc(C(F)(F)F)n3)c(C(=O)NCC(F)(F)F)cc2n1. The molecule has 0 fully saturated rings. The topological polar surface area (TPSA) is 109 Å². The van der Waals surface area contributed by atoms with Gasteiger partial charge in [-0.25, -0.2) is 9.97 Å². The van der Waals surface area contributed by atoms with Crippen LogP contribution in [0, 0.1) is 0 Å². The van der Waals surface area contributed by atoms with E-state index >= 15 is 0 Å². The molecular formula is C22H21F6N5O3. The lowest BCUT2D eigenvalue weighted by atomic mass is 10.0. The molecule has 3 aromatic heterocycles. The van der Waals surface area contributed by atoms with Gasteiger partial charge in [-0.15, -0.1) is 0 Å². The molecule has 3 aromatic rings. The highest BCUT2D eigenvalue weighted by atomic mass is 19.4.